The summed E-state index contributed by atoms with van der Waals surface area (Å²) in [6.07, 6.45) is 1.78. The standard InChI is InChI=1S/C35H29BrN2O6S/c1-5-44-34(40)30-31(21-12-7-6-8-13-21)37-35-38(32(30)29-23-14-10-9-11-20(23)15-16-25(29)41-2)33(39)28(45-35)18-22-17-26(42-3)27(43-4)19-24(22)36/h6-19,32H,5H2,1-4H3. The highest BCUT2D eigenvalue weighted by Crippen LogP contribution is 2.42. The Hall–Kier alpha value is -4.67. The number of rotatable bonds is 8. The summed E-state index contributed by atoms with van der Waals surface area (Å²) >= 11 is 4.85. The minimum Gasteiger partial charge on any atom is -0.496 e. The maximum atomic E-state index is 14.5. The highest BCUT2D eigenvalue weighted by molar-refractivity contribution is 9.10. The fourth-order valence-corrected chi connectivity index (χ4v) is 7.00. The third kappa shape index (κ3) is 5.44. The van der Waals surface area contributed by atoms with Crippen molar-refractivity contribution in [3.05, 3.63) is 125 Å². The van der Waals surface area contributed by atoms with Crippen LogP contribution in [0.4, 0.5) is 0 Å². The van der Waals surface area contributed by atoms with Crippen molar-refractivity contribution >= 4 is 55.8 Å². The number of benzene rings is 4. The van der Waals surface area contributed by atoms with Crippen molar-refractivity contribution in [2.75, 3.05) is 27.9 Å². The number of aromatic nitrogens is 1. The number of hydrogen-bond donors (Lipinski definition) is 0. The summed E-state index contributed by atoms with van der Waals surface area (Å²) in [4.78, 5) is 33.9. The van der Waals surface area contributed by atoms with Crippen LogP contribution in [0.1, 0.15) is 29.7 Å². The molecule has 0 amide bonds. The molecule has 5 aromatic rings. The average Bonchev–Trinajstić information content (AvgIpc) is 3.38. The third-order valence-corrected chi connectivity index (χ3v) is 9.26. The molecule has 4 aromatic carbocycles. The number of nitrogens with zero attached hydrogens (tertiary/aromatic N) is 2. The first-order valence-corrected chi connectivity index (χ1v) is 15.8. The highest BCUT2D eigenvalue weighted by Gasteiger charge is 2.37. The van der Waals surface area contributed by atoms with E-state index in [1.807, 2.05) is 66.7 Å². The molecular weight excluding hydrogens is 656 g/mol. The van der Waals surface area contributed by atoms with Gasteiger partial charge in [-0.2, -0.15) is 0 Å². The lowest BCUT2D eigenvalue weighted by Gasteiger charge is -2.28. The Labute approximate surface area is 271 Å². The molecule has 1 aliphatic heterocycles. The molecule has 0 aliphatic carbocycles. The van der Waals surface area contributed by atoms with Gasteiger partial charge in [0.05, 0.1) is 43.7 Å². The van der Waals surface area contributed by atoms with Crippen LogP contribution in [-0.4, -0.2) is 38.5 Å². The lowest BCUT2D eigenvalue weighted by atomic mass is 9.89. The van der Waals surface area contributed by atoms with E-state index in [1.54, 1.807) is 51.0 Å². The van der Waals surface area contributed by atoms with Crippen LogP contribution in [0.3, 0.4) is 0 Å². The van der Waals surface area contributed by atoms with Gasteiger partial charge in [0.1, 0.15) is 11.8 Å². The summed E-state index contributed by atoms with van der Waals surface area (Å²) in [5.41, 5.74) is 2.49. The molecule has 0 fully saturated rings. The van der Waals surface area contributed by atoms with Crippen LogP contribution >= 0.6 is 27.3 Å². The fourth-order valence-electron chi connectivity index (χ4n) is 5.57. The molecule has 1 aromatic heterocycles. The van der Waals surface area contributed by atoms with Crippen LogP contribution in [0.25, 0.3) is 22.5 Å². The molecule has 45 heavy (non-hydrogen) atoms. The lowest BCUT2D eigenvalue weighted by Crippen LogP contribution is -2.40. The van der Waals surface area contributed by atoms with Crippen LogP contribution in [0.5, 0.6) is 17.2 Å². The van der Waals surface area contributed by atoms with Crippen molar-refractivity contribution in [1.29, 1.82) is 0 Å². The first-order chi connectivity index (χ1) is 21.9. The fraction of sp³-hybridized carbons (Fsp3) is 0.171. The molecule has 6 rings (SSSR count). The van der Waals surface area contributed by atoms with E-state index in [2.05, 4.69) is 15.9 Å². The second kappa shape index (κ2) is 12.7. The zero-order chi connectivity index (χ0) is 31.7. The van der Waals surface area contributed by atoms with Gasteiger partial charge in [0.2, 0.25) is 0 Å². The monoisotopic (exact) mass is 684 g/mol. The molecule has 1 unspecified atom stereocenters. The van der Waals surface area contributed by atoms with E-state index in [4.69, 9.17) is 23.9 Å². The van der Waals surface area contributed by atoms with E-state index >= 15 is 0 Å². The van der Waals surface area contributed by atoms with E-state index < -0.39 is 12.0 Å². The Morgan fingerprint density at radius 1 is 0.933 bits per heavy atom. The molecular formula is C35H29BrN2O6S. The molecule has 8 nitrogen and oxygen atoms in total. The average molecular weight is 686 g/mol. The number of fused-ring (bicyclic) bond motifs is 2. The molecule has 0 bridgehead atoms. The number of methoxy groups -OCH3 is 3. The highest BCUT2D eigenvalue weighted by atomic mass is 79.9. The van der Waals surface area contributed by atoms with Gasteiger partial charge in [0, 0.05) is 15.6 Å². The molecule has 10 heteroatoms. The number of halogens is 1. The van der Waals surface area contributed by atoms with E-state index in [9.17, 15) is 9.59 Å². The van der Waals surface area contributed by atoms with Crippen molar-refractivity contribution in [2.45, 2.75) is 13.0 Å². The minimum atomic E-state index is -0.896. The maximum Gasteiger partial charge on any atom is 0.338 e. The summed E-state index contributed by atoms with van der Waals surface area (Å²) in [7, 11) is 4.70. The van der Waals surface area contributed by atoms with Crippen molar-refractivity contribution < 1.29 is 23.7 Å². The maximum absolute atomic E-state index is 14.5. The Balaban J connectivity index is 1.73. The quantitative estimate of drug-likeness (QED) is 0.190. The molecule has 0 saturated heterocycles. The van der Waals surface area contributed by atoms with Crippen molar-refractivity contribution in [1.82, 2.24) is 4.57 Å². The van der Waals surface area contributed by atoms with E-state index in [0.717, 1.165) is 20.8 Å². The summed E-state index contributed by atoms with van der Waals surface area (Å²) in [5, 5.41) is 1.78. The van der Waals surface area contributed by atoms with Gasteiger partial charge in [0.25, 0.3) is 5.56 Å². The van der Waals surface area contributed by atoms with Crippen LogP contribution < -0.4 is 29.1 Å². The Morgan fingerprint density at radius 3 is 2.33 bits per heavy atom. The topological polar surface area (TPSA) is 88.4 Å². The Morgan fingerprint density at radius 2 is 1.62 bits per heavy atom. The van der Waals surface area contributed by atoms with Crippen molar-refractivity contribution in [2.24, 2.45) is 4.99 Å². The van der Waals surface area contributed by atoms with Gasteiger partial charge >= 0.3 is 5.97 Å². The summed E-state index contributed by atoms with van der Waals surface area (Å²) in [6, 6.07) is 23.8. The van der Waals surface area contributed by atoms with Crippen LogP contribution in [0, 0.1) is 0 Å². The number of esters is 1. The van der Waals surface area contributed by atoms with Crippen LogP contribution in [0.2, 0.25) is 0 Å². The number of ether oxygens (including phenoxy) is 4. The van der Waals surface area contributed by atoms with E-state index in [1.165, 1.54) is 11.3 Å². The van der Waals surface area contributed by atoms with Gasteiger partial charge < -0.3 is 18.9 Å². The predicted molar refractivity (Wildman–Crippen MR) is 179 cm³/mol. The zero-order valence-corrected chi connectivity index (χ0v) is 27.4. The summed E-state index contributed by atoms with van der Waals surface area (Å²) in [5.74, 6) is 1.05. The van der Waals surface area contributed by atoms with Gasteiger partial charge in [-0.3, -0.25) is 9.36 Å². The summed E-state index contributed by atoms with van der Waals surface area (Å²) < 4.78 is 25.2. The normalized spacial score (nSPS) is 14.6. The first kappa shape index (κ1) is 30.4. The third-order valence-electron chi connectivity index (χ3n) is 7.59. The van der Waals surface area contributed by atoms with Crippen LogP contribution in [-0.2, 0) is 9.53 Å². The van der Waals surface area contributed by atoms with Gasteiger partial charge in [-0.15, -0.1) is 0 Å². The molecule has 0 saturated carbocycles. The van der Waals surface area contributed by atoms with Crippen LogP contribution in [0.15, 0.2) is 98.7 Å². The molecule has 2 heterocycles. The molecule has 1 aliphatic rings. The predicted octanol–water partition coefficient (Wildman–Crippen LogP) is 5.88. The molecule has 0 radical (unpaired) electrons. The first-order valence-electron chi connectivity index (χ1n) is 14.2. The van der Waals surface area contributed by atoms with Gasteiger partial charge in [-0.05, 0) is 47.5 Å². The molecule has 1 atom stereocenters. The van der Waals surface area contributed by atoms with Gasteiger partial charge in [-0.25, -0.2) is 9.79 Å². The SMILES string of the molecule is CCOC(=O)C1=C(c2ccccc2)N=c2sc(=Cc3cc(OC)c(OC)cc3Br)c(=O)n2C1c1c(OC)ccc2ccccc12. The molecule has 228 valence electrons. The second-order valence-corrected chi connectivity index (χ2v) is 11.9. The zero-order valence-electron chi connectivity index (χ0n) is 25.0. The van der Waals surface area contributed by atoms with Crippen molar-refractivity contribution in [3.63, 3.8) is 0 Å². The number of hydrogen-bond acceptors (Lipinski definition) is 8. The van der Waals surface area contributed by atoms with E-state index in [0.29, 0.717) is 43.4 Å². The lowest BCUT2D eigenvalue weighted by molar-refractivity contribution is -0.138. The smallest absolute Gasteiger partial charge is 0.338 e. The van der Waals surface area contributed by atoms with Gasteiger partial charge in [-0.1, -0.05) is 87.9 Å². The summed E-state index contributed by atoms with van der Waals surface area (Å²) in [6.45, 7) is 1.91. The van der Waals surface area contributed by atoms with Crippen molar-refractivity contribution in [3.8, 4) is 17.2 Å². The molecule has 0 N–H and O–H groups in total. The van der Waals surface area contributed by atoms with Gasteiger partial charge in [0.15, 0.2) is 16.3 Å². The number of carbonyl (C=O) groups excluding carboxylic acids is 1. The second-order valence-electron chi connectivity index (χ2n) is 10.1. The Kier molecular flexibility index (Phi) is 8.60. The van der Waals surface area contributed by atoms with E-state index in [-0.39, 0.29) is 17.7 Å². The number of thiazole rings is 1. The number of carbonyl (C=O) groups is 1. The largest absolute Gasteiger partial charge is 0.496 e. The Bertz CT molecular complexity index is 2150. The molecule has 0 spiro atoms. The minimum absolute atomic E-state index is 0.154.